The van der Waals surface area contributed by atoms with Gasteiger partial charge in [-0.2, -0.15) is 0 Å². The molecule has 0 radical (unpaired) electrons. The molecule has 1 N–H and O–H groups in total. The normalized spacial score (nSPS) is 12.2. The third-order valence-corrected chi connectivity index (χ3v) is 5.06. The molecule has 1 atom stereocenters. The van der Waals surface area contributed by atoms with Crippen LogP contribution in [0, 0.1) is 4.77 Å². The highest BCUT2D eigenvalue weighted by Crippen LogP contribution is 2.33. The van der Waals surface area contributed by atoms with Crippen LogP contribution in [-0.2, 0) is 4.74 Å². The maximum absolute atomic E-state index is 12.5. The summed E-state index contributed by atoms with van der Waals surface area (Å²) in [4.78, 5) is 15.5. The summed E-state index contributed by atoms with van der Waals surface area (Å²) in [5, 5.41) is 4.57. The van der Waals surface area contributed by atoms with Gasteiger partial charge in [0.05, 0.1) is 29.4 Å². The quantitative estimate of drug-likeness (QED) is 0.455. The van der Waals surface area contributed by atoms with Gasteiger partial charge in [0.2, 0.25) is 0 Å². The Balaban J connectivity index is 2.23. The Kier molecular flexibility index (Phi) is 5.50. The van der Waals surface area contributed by atoms with Crippen molar-refractivity contribution >= 4 is 41.4 Å². The molecule has 3 rings (SSSR count). The number of H-pyrrole nitrogens is 1. The lowest BCUT2D eigenvalue weighted by molar-refractivity contribution is 0.0587. The zero-order valence-electron chi connectivity index (χ0n) is 14.0. The average Bonchev–Trinajstić information content (AvgIpc) is 3.26. The Morgan fingerprint density at radius 3 is 2.73 bits per heavy atom. The highest BCUT2D eigenvalue weighted by atomic mass is 35.5. The predicted molar refractivity (Wildman–Crippen MR) is 101 cm³/mol. The molecule has 0 aliphatic heterocycles. The Labute approximate surface area is 164 Å². The van der Waals surface area contributed by atoms with Crippen molar-refractivity contribution in [2.45, 2.75) is 19.4 Å². The fourth-order valence-electron chi connectivity index (χ4n) is 2.85. The van der Waals surface area contributed by atoms with Gasteiger partial charge in [-0.1, -0.05) is 41.3 Å². The minimum Gasteiger partial charge on any atom is -0.464 e. The zero-order valence-corrected chi connectivity index (χ0v) is 16.3. The number of esters is 1. The first-order valence-electron chi connectivity index (χ1n) is 7.76. The van der Waals surface area contributed by atoms with Gasteiger partial charge in [-0.25, -0.2) is 4.79 Å². The Morgan fingerprint density at radius 2 is 2.15 bits per heavy atom. The number of carbonyl (C=O) groups is 1. The van der Waals surface area contributed by atoms with Crippen molar-refractivity contribution in [1.29, 1.82) is 0 Å². The van der Waals surface area contributed by atoms with Gasteiger partial charge in [0.15, 0.2) is 16.2 Å². The van der Waals surface area contributed by atoms with Crippen LogP contribution in [0.5, 0.6) is 0 Å². The number of nitrogens with zero attached hydrogens (tertiary/aromatic N) is 2. The van der Waals surface area contributed by atoms with Gasteiger partial charge in [0, 0.05) is 6.07 Å². The predicted octanol–water partition coefficient (Wildman–Crippen LogP) is 5.29. The molecule has 0 amide bonds. The molecule has 0 spiro atoms. The molecule has 3 aromatic rings. The molecule has 1 aromatic carbocycles. The molecule has 9 heteroatoms. The second-order valence-electron chi connectivity index (χ2n) is 5.49. The number of carbonyl (C=O) groups excluding carboxylic acids is 1. The molecular formula is C17H15Cl2N3O3S. The van der Waals surface area contributed by atoms with E-state index in [-0.39, 0.29) is 11.7 Å². The third-order valence-electron chi connectivity index (χ3n) is 4.02. The van der Waals surface area contributed by atoms with Gasteiger partial charge in [0.1, 0.15) is 5.69 Å². The molecule has 0 saturated carbocycles. The monoisotopic (exact) mass is 411 g/mol. The number of rotatable bonds is 5. The first-order chi connectivity index (χ1) is 12.5. The first-order valence-corrected chi connectivity index (χ1v) is 8.93. The van der Waals surface area contributed by atoms with Crippen molar-refractivity contribution in [1.82, 2.24) is 14.7 Å². The number of nitrogens with one attached hydrogen (secondary N) is 1. The lowest BCUT2D eigenvalue weighted by atomic mass is 10.0. The molecule has 2 heterocycles. The van der Waals surface area contributed by atoms with Crippen molar-refractivity contribution in [2.75, 3.05) is 7.11 Å². The Hall–Kier alpha value is -2.09. The van der Waals surface area contributed by atoms with Crippen LogP contribution < -0.4 is 0 Å². The van der Waals surface area contributed by atoms with Crippen LogP contribution in [0.1, 0.15) is 35.4 Å². The zero-order chi connectivity index (χ0) is 18.8. The van der Waals surface area contributed by atoms with E-state index in [9.17, 15) is 4.79 Å². The van der Waals surface area contributed by atoms with Crippen LogP contribution in [0.3, 0.4) is 0 Å². The number of ether oxygens (including phenoxy) is 1. The second-order valence-corrected chi connectivity index (χ2v) is 6.69. The lowest BCUT2D eigenvalue weighted by Crippen LogP contribution is -2.18. The molecule has 26 heavy (non-hydrogen) atoms. The Morgan fingerprint density at radius 1 is 1.38 bits per heavy atom. The van der Waals surface area contributed by atoms with E-state index in [1.807, 2.05) is 13.0 Å². The molecule has 0 aliphatic rings. The van der Waals surface area contributed by atoms with E-state index in [4.69, 9.17) is 44.7 Å². The molecule has 0 saturated heterocycles. The van der Waals surface area contributed by atoms with Gasteiger partial charge in [-0.15, -0.1) is 0 Å². The molecule has 0 aliphatic carbocycles. The minimum absolute atomic E-state index is 0.251. The van der Waals surface area contributed by atoms with Gasteiger partial charge in [-0.3, -0.25) is 0 Å². The van der Waals surface area contributed by atoms with E-state index in [0.29, 0.717) is 32.7 Å². The summed E-state index contributed by atoms with van der Waals surface area (Å²) >= 11 is 17.7. The van der Waals surface area contributed by atoms with Crippen molar-refractivity contribution in [3.8, 4) is 11.5 Å². The smallest absolute Gasteiger partial charge is 0.357 e. The van der Waals surface area contributed by atoms with E-state index < -0.39 is 5.97 Å². The second kappa shape index (κ2) is 7.65. The summed E-state index contributed by atoms with van der Waals surface area (Å²) in [7, 11) is 1.31. The van der Waals surface area contributed by atoms with E-state index in [2.05, 4.69) is 10.1 Å². The average molecular weight is 412 g/mol. The van der Waals surface area contributed by atoms with Crippen molar-refractivity contribution in [3.05, 3.63) is 56.5 Å². The standard InChI is InChI=1S/C17H15Cl2N3O3S/c1-3-12(9-4-5-10(18)11(19)8-9)22-15(16(23)24-2)14(21-17(22)26)13-6-7-20-25-13/h4-8,12H,3H2,1-2H3,(H,21,26). The number of hydrogen-bond donors (Lipinski definition) is 1. The Bertz CT molecular complexity index is 995. The van der Waals surface area contributed by atoms with Crippen molar-refractivity contribution < 1.29 is 14.1 Å². The van der Waals surface area contributed by atoms with Crippen LogP contribution in [0.15, 0.2) is 35.0 Å². The van der Waals surface area contributed by atoms with E-state index >= 15 is 0 Å². The topological polar surface area (TPSA) is 73.1 Å². The van der Waals surface area contributed by atoms with Crippen LogP contribution >= 0.6 is 35.4 Å². The van der Waals surface area contributed by atoms with E-state index in [0.717, 1.165) is 5.56 Å². The lowest BCUT2D eigenvalue weighted by Gasteiger charge is -2.20. The maximum Gasteiger partial charge on any atom is 0.357 e. The van der Waals surface area contributed by atoms with Crippen LogP contribution in [0.2, 0.25) is 10.0 Å². The summed E-state index contributed by atoms with van der Waals surface area (Å²) in [5.74, 6) is -0.151. The molecule has 136 valence electrons. The molecule has 1 unspecified atom stereocenters. The van der Waals surface area contributed by atoms with E-state index in [1.54, 1.807) is 22.8 Å². The summed E-state index contributed by atoms with van der Waals surface area (Å²) in [6, 6.07) is 6.72. The fraction of sp³-hybridized carbons (Fsp3) is 0.235. The number of aromatic nitrogens is 3. The SMILES string of the molecule is CCC(c1ccc(Cl)c(Cl)c1)n1c(C(=O)OC)c(-c2ccno2)[nH]c1=S. The van der Waals surface area contributed by atoms with E-state index in [1.165, 1.54) is 13.3 Å². The molecule has 0 bridgehead atoms. The number of halogens is 2. The van der Waals surface area contributed by atoms with Crippen LogP contribution in [-0.4, -0.2) is 27.8 Å². The summed E-state index contributed by atoms with van der Waals surface area (Å²) in [5.41, 5.74) is 1.54. The van der Waals surface area contributed by atoms with Crippen molar-refractivity contribution in [3.63, 3.8) is 0 Å². The fourth-order valence-corrected chi connectivity index (χ4v) is 3.48. The molecular weight excluding hydrogens is 397 g/mol. The highest BCUT2D eigenvalue weighted by Gasteiger charge is 2.28. The molecule has 2 aromatic heterocycles. The summed E-state index contributed by atoms with van der Waals surface area (Å²) < 4.78 is 12.2. The van der Waals surface area contributed by atoms with Gasteiger partial charge < -0.3 is 18.8 Å². The van der Waals surface area contributed by atoms with Gasteiger partial charge in [0.25, 0.3) is 0 Å². The number of hydrogen-bond acceptors (Lipinski definition) is 5. The van der Waals surface area contributed by atoms with Crippen molar-refractivity contribution in [2.24, 2.45) is 0 Å². The third kappa shape index (κ3) is 3.30. The minimum atomic E-state index is -0.540. The molecule has 0 fully saturated rings. The summed E-state index contributed by atoms with van der Waals surface area (Å²) in [6.45, 7) is 1.98. The van der Waals surface area contributed by atoms with Crippen LogP contribution in [0.25, 0.3) is 11.5 Å². The maximum atomic E-state index is 12.5. The number of aromatic amines is 1. The number of methoxy groups -OCH3 is 1. The highest BCUT2D eigenvalue weighted by molar-refractivity contribution is 7.71. The largest absolute Gasteiger partial charge is 0.464 e. The number of imidazole rings is 1. The van der Waals surface area contributed by atoms with Crippen LogP contribution in [0.4, 0.5) is 0 Å². The first kappa shape index (κ1) is 18.7. The van der Waals surface area contributed by atoms with Gasteiger partial charge >= 0.3 is 5.97 Å². The summed E-state index contributed by atoms with van der Waals surface area (Å²) in [6.07, 6.45) is 2.14. The number of benzene rings is 1. The van der Waals surface area contributed by atoms with Gasteiger partial charge in [-0.05, 0) is 36.3 Å². The molecule has 6 nitrogen and oxygen atoms in total.